The Morgan fingerprint density at radius 3 is 2.40 bits per heavy atom. The van der Waals surface area contributed by atoms with Gasteiger partial charge in [0.25, 0.3) is 5.56 Å². The van der Waals surface area contributed by atoms with E-state index < -0.39 is 10.0 Å². The third kappa shape index (κ3) is 4.11. The molecular formula is C24H23N7O3S. The summed E-state index contributed by atoms with van der Waals surface area (Å²) in [5.74, 6) is -0.00551. The van der Waals surface area contributed by atoms with Gasteiger partial charge in [-0.05, 0) is 23.3 Å². The average Bonchev–Trinajstić information content (AvgIpc) is 3.44. The largest absolute Gasteiger partial charge is 0.369 e. The van der Waals surface area contributed by atoms with E-state index in [9.17, 15) is 13.2 Å². The van der Waals surface area contributed by atoms with E-state index in [1.54, 1.807) is 23.0 Å². The highest BCUT2D eigenvalue weighted by Gasteiger charge is 2.22. The number of nitrogens with two attached hydrogens (primary N) is 1. The molecule has 3 aromatic heterocycles. The summed E-state index contributed by atoms with van der Waals surface area (Å²) in [6.07, 6.45) is 3.55. The van der Waals surface area contributed by atoms with E-state index in [4.69, 9.17) is 5.73 Å². The van der Waals surface area contributed by atoms with Crippen LogP contribution in [0.15, 0.2) is 76.7 Å². The van der Waals surface area contributed by atoms with Crippen molar-refractivity contribution < 1.29 is 8.42 Å². The van der Waals surface area contributed by atoms with E-state index in [0.29, 0.717) is 40.0 Å². The van der Waals surface area contributed by atoms with Crippen molar-refractivity contribution in [2.24, 2.45) is 0 Å². The molecule has 35 heavy (non-hydrogen) atoms. The van der Waals surface area contributed by atoms with Crippen molar-refractivity contribution in [2.45, 2.75) is 11.4 Å². The topological polar surface area (TPSA) is 143 Å². The van der Waals surface area contributed by atoms with Crippen LogP contribution in [-0.2, 0) is 16.6 Å². The number of nitrogens with one attached hydrogen (secondary N) is 2. The molecule has 0 saturated carbocycles. The summed E-state index contributed by atoms with van der Waals surface area (Å²) in [6.45, 7) is 0.567. The number of fused-ring (bicyclic) bond motifs is 1. The summed E-state index contributed by atoms with van der Waals surface area (Å²) >= 11 is 0. The molecule has 4 N–H and O–H groups in total. The average molecular weight is 490 g/mol. The van der Waals surface area contributed by atoms with E-state index in [1.807, 2.05) is 36.5 Å². The fraction of sp³-hybridized carbons (Fsp3) is 0.125. The van der Waals surface area contributed by atoms with Gasteiger partial charge in [-0.15, -0.1) is 0 Å². The SMILES string of the molecule is CN(C)S(=O)(=O)c1ccc(-c2[nH]c3nc(N)[nH]c(=O)c3c2-c2cnn(Cc3ccccc3)c2)cc1. The van der Waals surface area contributed by atoms with Gasteiger partial charge in [0, 0.05) is 31.4 Å². The van der Waals surface area contributed by atoms with Gasteiger partial charge in [0.1, 0.15) is 5.65 Å². The Kier molecular flexibility index (Phi) is 5.50. The molecule has 0 aliphatic rings. The van der Waals surface area contributed by atoms with Gasteiger partial charge < -0.3 is 10.7 Å². The Balaban J connectivity index is 1.65. The van der Waals surface area contributed by atoms with Crippen molar-refractivity contribution in [3.8, 4) is 22.4 Å². The van der Waals surface area contributed by atoms with Crippen LogP contribution in [0.3, 0.4) is 0 Å². The zero-order valence-electron chi connectivity index (χ0n) is 19.1. The lowest BCUT2D eigenvalue weighted by Gasteiger charge is -2.11. The summed E-state index contributed by atoms with van der Waals surface area (Å²) in [5, 5.41) is 4.83. The number of sulfonamides is 1. The van der Waals surface area contributed by atoms with Crippen LogP contribution in [-0.4, -0.2) is 51.6 Å². The molecule has 0 amide bonds. The van der Waals surface area contributed by atoms with E-state index >= 15 is 0 Å². The van der Waals surface area contributed by atoms with E-state index in [2.05, 4.69) is 20.1 Å². The quantitative estimate of drug-likeness (QED) is 0.335. The Morgan fingerprint density at radius 1 is 1.00 bits per heavy atom. The summed E-state index contributed by atoms with van der Waals surface area (Å²) in [6, 6.07) is 16.4. The van der Waals surface area contributed by atoms with Crippen LogP contribution >= 0.6 is 0 Å². The van der Waals surface area contributed by atoms with Crippen LogP contribution < -0.4 is 11.3 Å². The highest BCUT2D eigenvalue weighted by molar-refractivity contribution is 7.89. The molecule has 5 aromatic rings. The molecule has 0 spiro atoms. The molecule has 3 heterocycles. The number of nitrogens with zero attached hydrogens (tertiary/aromatic N) is 4. The second-order valence-corrected chi connectivity index (χ2v) is 10.4. The predicted molar refractivity (Wildman–Crippen MR) is 134 cm³/mol. The first-order valence-electron chi connectivity index (χ1n) is 10.8. The highest BCUT2D eigenvalue weighted by Crippen LogP contribution is 2.36. The molecule has 10 nitrogen and oxygen atoms in total. The third-order valence-electron chi connectivity index (χ3n) is 5.71. The Hall–Kier alpha value is -4.22. The fourth-order valence-corrected chi connectivity index (χ4v) is 4.88. The van der Waals surface area contributed by atoms with Gasteiger partial charge in [0.15, 0.2) is 0 Å². The lowest BCUT2D eigenvalue weighted by atomic mass is 10.0. The monoisotopic (exact) mass is 489 g/mol. The number of H-pyrrole nitrogens is 2. The first kappa shape index (κ1) is 22.6. The van der Waals surface area contributed by atoms with Crippen molar-refractivity contribution in [2.75, 3.05) is 19.8 Å². The number of aromatic nitrogens is 5. The highest BCUT2D eigenvalue weighted by atomic mass is 32.2. The number of nitrogen functional groups attached to an aromatic ring is 1. The van der Waals surface area contributed by atoms with Gasteiger partial charge in [0.2, 0.25) is 16.0 Å². The third-order valence-corrected chi connectivity index (χ3v) is 7.54. The van der Waals surface area contributed by atoms with Crippen molar-refractivity contribution in [1.29, 1.82) is 0 Å². The maximum atomic E-state index is 12.9. The number of anilines is 1. The first-order valence-corrected chi connectivity index (χ1v) is 12.2. The molecule has 5 rings (SSSR count). The number of aromatic amines is 2. The summed E-state index contributed by atoms with van der Waals surface area (Å²) in [5.41, 5.74) is 9.42. The Labute approximate surface area is 201 Å². The fourth-order valence-electron chi connectivity index (χ4n) is 3.98. The Bertz CT molecular complexity index is 1680. The molecule has 0 atom stereocenters. The van der Waals surface area contributed by atoms with Gasteiger partial charge in [-0.1, -0.05) is 42.5 Å². The minimum absolute atomic E-state index is 0.00551. The smallest absolute Gasteiger partial charge is 0.262 e. The second-order valence-electron chi connectivity index (χ2n) is 8.27. The molecule has 11 heteroatoms. The molecule has 2 aromatic carbocycles. The molecule has 0 aliphatic carbocycles. The molecular weight excluding hydrogens is 466 g/mol. The predicted octanol–water partition coefficient (Wildman–Crippen LogP) is 2.66. The second kappa shape index (κ2) is 8.53. The maximum absolute atomic E-state index is 12.9. The van der Waals surface area contributed by atoms with E-state index in [1.165, 1.54) is 26.2 Å². The lowest BCUT2D eigenvalue weighted by molar-refractivity contribution is 0.521. The van der Waals surface area contributed by atoms with E-state index in [-0.39, 0.29) is 16.4 Å². The van der Waals surface area contributed by atoms with Crippen molar-refractivity contribution >= 4 is 27.0 Å². The number of hydrogen-bond donors (Lipinski definition) is 3. The summed E-state index contributed by atoms with van der Waals surface area (Å²) in [4.78, 5) is 23.1. The number of rotatable bonds is 6. The van der Waals surface area contributed by atoms with Crippen LogP contribution in [0.4, 0.5) is 5.95 Å². The minimum atomic E-state index is -3.58. The lowest BCUT2D eigenvalue weighted by Crippen LogP contribution is -2.22. The van der Waals surface area contributed by atoms with Gasteiger partial charge in [-0.2, -0.15) is 10.1 Å². The molecule has 0 saturated heterocycles. The van der Waals surface area contributed by atoms with Crippen LogP contribution in [0.2, 0.25) is 0 Å². The van der Waals surface area contributed by atoms with Crippen LogP contribution in [0.25, 0.3) is 33.4 Å². The van der Waals surface area contributed by atoms with Crippen molar-refractivity contribution in [3.63, 3.8) is 0 Å². The zero-order chi connectivity index (χ0) is 24.7. The van der Waals surface area contributed by atoms with Crippen molar-refractivity contribution in [3.05, 3.63) is 82.9 Å². The molecule has 0 unspecified atom stereocenters. The van der Waals surface area contributed by atoms with Gasteiger partial charge in [0.05, 0.1) is 28.7 Å². The Morgan fingerprint density at radius 2 is 1.71 bits per heavy atom. The molecule has 0 aliphatic heterocycles. The maximum Gasteiger partial charge on any atom is 0.262 e. The molecule has 0 radical (unpaired) electrons. The summed E-state index contributed by atoms with van der Waals surface area (Å²) < 4.78 is 27.9. The van der Waals surface area contributed by atoms with Crippen LogP contribution in [0.1, 0.15) is 5.56 Å². The minimum Gasteiger partial charge on any atom is -0.369 e. The van der Waals surface area contributed by atoms with E-state index in [0.717, 1.165) is 9.87 Å². The van der Waals surface area contributed by atoms with Crippen LogP contribution in [0.5, 0.6) is 0 Å². The number of benzene rings is 2. The molecule has 178 valence electrons. The number of hydrogen-bond acceptors (Lipinski definition) is 6. The van der Waals surface area contributed by atoms with Gasteiger partial charge in [-0.3, -0.25) is 14.5 Å². The van der Waals surface area contributed by atoms with Gasteiger partial charge >= 0.3 is 0 Å². The summed E-state index contributed by atoms with van der Waals surface area (Å²) in [7, 11) is -0.614. The first-order chi connectivity index (χ1) is 16.7. The standard InChI is InChI=1S/C24H23N7O3S/c1-30(2)35(33,34)18-10-8-16(9-11-18)21-19(20-22(27-21)28-24(25)29-23(20)32)17-12-26-31(14-17)13-15-6-4-3-5-7-15/h3-12,14H,13H2,1-2H3,(H4,25,27,28,29,32). The molecule has 0 fully saturated rings. The normalized spacial score (nSPS) is 12.0. The zero-order valence-corrected chi connectivity index (χ0v) is 19.9. The molecule has 0 bridgehead atoms. The van der Waals surface area contributed by atoms with Gasteiger partial charge in [-0.25, -0.2) is 12.7 Å². The van der Waals surface area contributed by atoms with Crippen LogP contribution in [0, 0.1) is 0 Å². The van der Waals surface area contributed by atoms with Crippen molar-refractivity contribution in [1.82, 2.24) is 29.0 Å².